The van der Waals surface area contributed by atoms with Gasteiger partial charge in [-0.3, -0.25) is 0 Å². The van der Waals surface area contributed by atoms with Gasteiger partial charge in [0.25, 0.3) is 0 Å². The van der Waals surface area contributed by atoms with Gasteiger partial charge in [-0.05, 0) is 49.8 Å². The molecule has 1 aromatic rings. The zero-order chi connectivity index (χ0) is 12.3. The Morgan fingerprint density at radius 1 is 0.941 bits per heavy atom. The largest absolute Gasteiger partial charge is 0.396 e. The van der Waals surface area contributed by atoms with Crippen LogP contribution < -0.4 is 0 Å². The van der Waals surface area contributed by atoms with Crippen LogP contribution in [0.1, 0.15) is 31.2 Å². The van der Waals surface area contributed by atoms with E-state index in [4.69, 9.17) is 9.84 Å². The Hall–Kier alpha value is -0.380. The maximum atomic E-state index is 8.61. The quantitative estimate of drug-likeness (QED) is 0.707. The van der Waals surface area contributed by atoms with Crippen LogP contribution in [-0.4, -0.2) is 24.9 Å². The SMILES string of the molecule is OCCCCCOCCCc1ccc(Br)cc1. The van der Waals surface area contributed by atoms with E-state index in [-0.39, 0.29) is 0 Å². The van der Waals surface area contributed by atoms with E-state index in [2.05, 4.69) is 40.2 Å². The van der Waals surface area contributed by atoms with Crippen LogP contribution in [0.25, 0.3) is 0 Å². The third kappa shape index (κ3) is 7.53. The Kier molecular flexibility index (Phi) is 8.32. The van der Waals surface area contributed by atoms with Gasteiger partial charge in [-0.2, -0.15) is 0 Å². The standard InChI is InChI=1S/C14H21BrO2/c15-14-8-6-13(7-9-14)5-4-12-17-11-3-1-2-10-16/h6-9,16H,1-5,10-12H2. The second-order valence-electron chi connectivity index (χ2n) is 4.13. The monoisotopic (exact) mass is 300 g/mol. The lowest BCUT2D eigenvalue weighted by Crippen LogP contribution is -1.99. The first-order chi connectivity index (χ1) is 8.33. The first-order valence-electron chi connectivity index (χ1n) is 6.26. The molecule has 0 aliphatic carbocycles. The average Bonchev–Trinajstić information content (AvgIpc) is 2.35. The minimum atomic E-state index is 0.295. The normalized spacial score (nSPS) is 10.7. The molecule has 0 aliphatic heterocycles. The molecule has 0 aliphatic rings. The minimum Gasteiger partial charge on any atom is -0.396 e. The Balaban J connectivity index is 1.95. The van der Waals surface area contributed by atoms with Crippen LogP contribution in [0.4, 0.5) is 0 Å². The summed E-state index contributed by atoms with van der Waals surface area (Å²) < 4.78 is 6.66. The van der Waals surface area contributed by atoms with Crippen molar-refractivity contribution in [2.45, 2.75) is 32.1 Å². The van der Waals surface area contributed by atoms with E-state index in [1.54, 1.807) is 0 Å². The van der Waals surface area contributed by atoms with E-state index in [1.807, 2.05) is 0 Å². The Bertz CT molecular complexity index is 285. The van der Waals surface area contributed by atoms with Gasteiger partial charge in [0.1, 0.15) is 0 Å². The summed E-state index contributed by atoms with van der Waals surface area (Å²) in [5.74, 6) is 0. The predicted octanol–water partition coefficient (Wildman–Crippen LogP) is 3.56. The molecule has 0 saturated carbocycles. The average molecular weight is 301 g/mol. The zero-order valence-corrected chi connectivity index (χ0v) is 11.8. The van der Waals surface area contributed by atoms with Crippen LogP contribution in [0.15, 0.2) is 28.7 Å². The molecule has 0 bridgehead atoms. The maximum absolute atomic E-state index is 8.61. The first-order valence-corrected chi connectivity index (χ1v) is 7.05. The highest BCUT2D eigenvalue weighted by atomic mass is 79.9. The molecule has 1 aromatic carbocycles. The van der Waals surface area contributed by atoms with Crippen LogP contribution >= 0.6 is 15.9 Å². The molecular formula is C14H21BrO2. The lowest BCUT2D eigenvalue weighted by Gasteiger charge is -2.04. The molecule has 0 spiro atoms. The summed E-state index contributed by atoms with van der Waals surface area (Å²) in [7, 11) is 0. The van der Waals surface area contributed by atoms with Crippen LogP contribution in [0.3, 0.4) is 0 Å². The van der Waals surface area contributed by atoms with Crippen molar-refractivity contribution in [1.29, 1.82) is 0 Å². The fourth-order valence-electron chi connectivity index (χ4n) is 1.62. The zero-order valence-electron chi connectivity index (χ0n) is 10.2. The van der Waals surface area contributed by atoms with Gasteiger partial charge < -0.3 is 9.84 Å². The molecule has 17 heavy (non-hydrogen) atoms. The lowest BCUT2D eigenvalue weighted by atomic mass is 10.1. The number of aliphatic hydroxyl groups excluding tert-OH is 1. The maximum Gasteiger partial charge on any atom is 0.0469 e. The summed E-state index contributed by atoms with van der Waals surface area (Å²) >= 11 is 3.43. The van der Waals surface area contributed by atoms with Gasteiger partial charge in [-0.1, -0.05) is 28.1 Å². The number of benzene rings is 1. The van der Waals surface area contributed by atoms with Crippen molar-refractivity contribution >= 4 is 15.9 Å². The third-order valence-electron chi connectivity index (χ3n) is 2.61. The Morgan fingerprint density at radius 3 is 2.35 bits per heavy atom. The van der Waals surface area contributed by atoms with Crippen molar-refractivity contribution in [1.82, 2.24) is 0 Å². The molecule has 2 nitrogen and oxygen atoms in total. The lowest BCUT2D eigenvalue weighted by molar-refractivity contribution is 0.126. The molecule has 1 N–H and O–H groups in total. The molecule has 0 aromatic heterocycles. The van der Waals surface area contributed by atoms with Crippen molar-refractivity contribution in [3.63, 3.8) is 0 Å². The third-order valence-corrected chi connectivity index (χ3v) is 3.14. The summed E-state index contributed by atoms with van der Waals surface area (Å²) in [5, 5.41) is 8.61. The second kappa shape index (κ2) is 9.63. The summed E-state index contributed by atoms with van der Waals surface area (Å²) in [6.07, 6.45) is 5.15. The number of ether oxygens (including phenoxy) is 1. The highest BCUT2D eigenvalue weighted by molar-refractivity contribution is 9.10. The fraction of sp³-hybridized carbons (Fsp3) is 0.571. The molecule has 0 heterocycles. The number of halogens is 1. The molecule has 0 fully saturated rings. The molecule has 0 amide bonds. The molecule has 0 saturated heterocycles. The summed E-state index contributed by atoms with van der Waals surface area (Å²) in [6, 6.07) is 8.44. The number of aryl methyl sites for hydroxylation is 1. The first kappa shape index (κ1) is 14.7. The van der Waals surface area contributed by atoms with Crippen LogP contribution in [-0.2, 0) is 11.2 Å². The number of hydrogen-bond donors (Lipinski definition) is 1. The van der Waals surface area contributed by atoms with Gasteiger partial charge in [0.15, 0.2) is 0 Å². The number of rotatable bonds is 9. The van der Waals surface area contributed by atoms with Crippen LogP contribution in [0, 0.1) is 0 Å². The molecule has 96 valence electrons. The van der Waals surface area contributed by atoms with Gasteiger partial charge in [0.2, 0.25) is 0 Å². The molecule has 3 heteroatoms. The molecule has 1 rings (SSSR count). The molecule has 0 atom stereocenters. The van der Waals surface area contributed by atoms with E-state index in [0.29, 0.717) is 6.61 Å². The van der Waals surface area contributed by atoms with E-state index in [1.165, 1.54) is 5.56 Å². The topological polar surface area (TPSA) is 29.5 Å². The summed E-state index contributed by atoms with van der Waals surface area (Å²) in [4.78, 5) is 0. The Morgan fingerprint density at radius 2 is 1.65 bits per heavy atom. The smallest absolute Gasteiger partial charge is 0.0469 e. The van der Waals surface area contributed by atoms with E-state index in [0.717, 1.165) is 49.8 Å². The number of hydrogen-bond acceptors (Lipinski definition) is 2. The second-order valence-corrected chi connectivity index (χ2v) is 5.04. The molecular weight excluding hydrogens is 280 g/mol. The van der Waals surface area contributed by atoms with Gasteiger partial charge >= 0.3 is 0 Å². The predicted molar refractivity (Wildman–Crippen MR) is 74.2 cm³/mol. The van der Waals surface area contributed by atoms with Crippen molar-refractivity contribution in [2.75, 3.05) is 19.8 Å². The van der Waals surface area contributed by atoms with Crippen molar-refractivity contribution in [3.8, 4) is 0 Å². The highest BCUT2D eigenvalue weighted by Crippen LogP contribution is 2.11. The van der Waals surface area contributed by atoms with Crippen LogP contribution in [0.2, 0.25) is 0 Å². The summed E-state index contributed by atoms with van der Waals surface area (Å²) in [6.45, 7) is 1.94. The van der Waals surface area contributed by atoms with Crippen molar-refractivity contribution < 1.29 is 9.84 Å². The summed E-state index contributed by atoms with van der Waals surface area (Å²) in [5.41, 5.74) is 1.36. The number of aliphatic hydroxyl groups is 1. The van der Waals surface area contributed by atoms with E-state index in [9.17, 15) is 0 Å². The van der Waals surface area contributed by atoms with Gasteiger partial charge in [-0.25, -0.2) is 0 Å². The molecule has 0 radical (unpaired) electrons. The fourth-order valence-corrected chi connectivity index (χ4v) is 1.89. The highest BCUT2D eigenvalue weighted by Gasteiger charge is 1.94. The van der Waals surface area contributed by atoms with E-state index < -0.39 is 0 Å². The van der Waals surface area contributed by atoms with Gasteiger partial charge in [-0.15, -0.1) is 0 Å². The van der Waals surface area contributed by atoms with Crippen LogP contribution in [0.5, 0.6) is 0 Å². The van der Waals surface area contributed by atoms with Crippen molar-refractivity contribution in [2.24, 2.45) is 0 Å². The van der Waals surface area contributed by atoms with Gasteiger partial charge in [0, 0.05) is 24.3 Å². The molecule has 0 unspecified atom stereocenters. The van der Waals surface area contributed by atoms with E-state index >= 15 is 0 Å². The number of unbranched alkanes of at least 4 members (excludes halogenated alkanes) is 2. The van der Waals surface area contributed by atoms with Crippen molar-refractivity contribution in [3.05, 3.63) is 34.3 Å². The Labute approximate surface area is 112 Å². The minimum absolute atomic E-state index is 0.295. The van der Waals surface area contributed by atoms with Gasteiger partial charge in [0.05, 0.1) is 0 Å².